The van der Waals surface area contributed by atoms with E-state index in [4.69, 9.17) is 11.6 Å². The van der Waals surface area contributed by atoms with Crippen LogP contribution in [-0.4, -0.2) is 36.4 Å². The fourth-order valence-electron chi connectivity index (χ4n) is 3.75. The topological polar surface area (TPSA) is 75.5 Å². The quantitative estimate of drug-likeness (QED) is 0.160. The van der Waals surface area contributed by atoms with E-state index in [-0.39, 0.29) is 6.10 Å². The van der Waals surface area contributed by atoms with E-state index in [0.29, 0.717) is 5.92 Å². The van der Waals surface area contributed by atoms with Crippen LogP contribution in [0.2, 0.25) is 0 Å². The fourth-order valence-corrected chi connectivity index (χ4v) is 3.75. The molecule has 0 amide bonds. The van der Waals surface area contributed by atoms with Gasteiger partial charge in [0.15, 0.2) is 0 Å². The smallest absolute Gasteiger partial charge is 0.0568 e. The lowest BCUT2D eigenvalue weighted by atomic mass is 9.88. The van der Waals surface area contributed by atoms with Crippen LogP contribution < -0.4 is 11.6 Å². The minimum absolute atomic E-state index is 0.118. The molecular weight excluding hydrogens is 322 g/mol. The van der Waals surface area contributed by atoms with Gasteiger partial charge in [0.05, 0.1) is 6.10 Å². The normalized spacial score (nSPS) is 14.1. The predicted molar refractivity (Wildman–Crippen MR) is 115 cm³/mol. The van der Waals surface area contributed by atoms with Crippen LogP contribution in [0.4, 0.5) is 0 Å². The van der Waals surface area contributed by atoms with Crippen molar-refractivity contribution in [1.82, 2.24) is 5.01 Å². The standard InChI is InChI=1S/C22H49N3O/c1-3-4-5-6-10-13-18-22(26)21(17-15-19-23)16-12-9-7-8-11-14-20-25(2)24/h21-22,26H,3-20,23-24H2,1-2H3. The first-order valence-corrected chi connectivity index (χ1v) is 11.5. The van der Waals surface area contributed by atoms with Crippen LogP contribution in [0.25, 0.3) is 0 Å². The number of hydrogen-bond acceptors (Lipinski definition) is 4. The minimum Gasteiger partial charge on any atom is -0.393 e. The van der Waals surface area contributed by atoms with Crippen LogP contribution in [0.3, 0.4) is 0 Å². The van der Waals surface area contributed by atoms with Gasteiger partial charge in [0, 0.05) is 13.6 Å². The van der Waals surface area contributed by atoms with Gasteiger partial charge in [0.2, 0.25) is 0 Å². The summed E-state index contributed by atoms with van der Waals surface area (Å²) >= 11 is 0. The van der Waals surface area contributed by atoms with Crippen molar-refractivity contribution in [2.45, 2.75) is 116 Å². The molecule has 5 N–H and O–H groups in total. The summed E-state index contributed by atoms with van der Waals surface area (Å²) in [6.45, 7) is 3.99. The Bertz CT molecular complexity index is 274. The molecule has 0 radical (unpaired) electrons. The Morgan fingerprint density at radius 2 is 1.23 bits per heavy atom. The highest BCUT2D eigenvalue weighted by Crippen LogP contribution is 2.23. The number of rotatable bonds is 20. The molecule has 0 aliphatic heterocycles. The van der Waals surface area contributed by atoms with Crippen LogP contribution in [0.5, 0.6) is 0 Å². The number of aliphatic hydroxyl groups is 1. The predicted octanol–water partition coefficient (Wildman–Crippen LogP) is 4.99. The number of hydrazine groups is 1. The Hall–Kier alpha value is -0.160. The Morgan fingerprint density at radius 3 is 1.81 bits per heavy atom. The molecule has 0 spiro atoms. The molecule has 2 atom stereocenters. The van der Waals surface area contributed by atoms with Crippen LogP contribution in [0.1, 0.15) is 110 Å². The van der Waals surface area contributed by atoms with E-state index in [9.17, 15) is 5.11 Å². The van der Waals surface area contributed by atoms with Crippen molar-refractivity contribution in [3.8, 4) is 0 Å². The molecule has 4 nitrogen and oxygen atoms in total. The van der Waals surface area contributed by atoms with Gasteiger partial charge in [-0.1, -0.05) is 77.6 Å². The minimum atomic E-state index is -0.118. The molecule has 26 heavy (non-hydrogen) atoms. The van der Waals surface area contributed by atoms with Crippen molar-refractivity contribution in [2.75, 3.05) is 20.1 Å². The van der Waals surface area contributed by atoms with E-state index >= 15 is 0 Å². The van der Waals surface area contributed by atoms with Crippen LogP contribution in [-0.2, 0) is 0 Å². The second kappa shape index (κ2) is 19.6. The summed E-state index contributed by atoms with van der Waals surface area (Å²) < 4.78 is 0. The second-order valence-electron chi connectivity index (χ2n) is 8.21. The molecule has 158 valence electrons. The molecule has 0 rings (SSSR count). The van der Waals surface area contributed by atoms with E-state index in [1.54, 1.807) is 5.01 Å². The van der Waals surface area contributed by atoms with E-state index in [1.165, 1.54) is 83.5 Å². The highest BCUT2D eigenvalue weighted by atomic mass is 16.3. The van der Waals surface area contributed by atoms with Crippen molar-refractivity contribution < 1.29 is 5.11 Å². The third-order valence-electron chi connectivity index (χ3n) is 5.51. The molecule has 0 heterocycles. The Kier molecular flexibility index (Phi) is 19.5. The van der Waals surface area contributed by atoms with Gasteiger partial charge in [0.1, 0.15) is 0 Å². The SMILES string of the molecule is CCCCCCCCC(O)C(CCCN)CCCCCCCCN(C)N. The summed E-state index contributed by atoms with van der Waals surface area (Å²) in [7, 11) is 1.93. The molecule has 0 saturated carbocycles. The molecule has 0 aromatic carbocycles. The second-order valence-corrected chi connectivity index (χ2v) is 8.21. The number of aliphatic hydroxyl groups excluding tert-OH is 1. The van der Waals surface area contributed by atoms with Gasteiger partial charge >= 0.3 is 0 Å². The zero-order chi connectivity index (χ0) is 19.5. The van der Waals surface area contributed by atoms with Gasteiger partial charge < -0.3 is 10.8 Å². The Balaban J connectivity index is 3.78. The molecular formula is C22H49N3O. The first-order chi connectivity index (χ1) is 12.6. The first-order valence-electron chi connectivity index (χ1n) is 11.5. The molecule has 0 bridgehead atoms. The van der Waals surface area contributed by atoms with Gasteiger partial charge in [0.25, 0.3) is 0 Å². The molecule has 2 unspecified atom stereocenters. The highest BCUT2D eigenvalue weighted by molar-refractivity contribution is 4.70. The maximum absolute atomic E-state index is 10.6. The van der Waals surface area contributed by atoms with Gasteiger partial charge in [-0.15, -0.1) is 0 Å². The van der Waals surface area contributed by atoms with Crippen molar-refractivity contribution in [1.29, 1.82) is 0 Å². The average molecular weight is 372 g/mol. The average Bonchev–Trinajstić information content (AvgIpc) is 2.62. The summed E-state index contributed by atoms with van der Waals surface area (Å²) in [4.78, 5) is 0. The zero-order valence-electron chi connectivity index (χ0n) is 17.9. The lowest BCUT2D eigenvalue weighted by Gasteiger charge is -2.23. The van der Waals surface area contributed by atoms with Crippen LogP contribution in [0, 0.1) is 5.92 Å². The maximum Gasteiger partial charge on any atom is 0.0568 e. The lowest BCUT2D eigenvalue weighted by Crippen LogP contribution is -2.26. The summed E-state index contributed by atoms with van der Waals surface area (Å²) in [6.07, 6.45) is 19.6. The molecule has 0 aromatic heterocycles. The van der Waals surface area contributed by atoms with Crippen LogP contribution in [0.15, 0.2) is 0 Å². The summed E-state index contributed by atoms with van der Waals surface area (Å²) in [5.74, 6) is 6.08. The van der Waals surface area contributed by atoms with Crippen molar-refractivity contribution in [2.24, 2.45) is 17.5 Å². The fraction of sp³-hybridized carbons (Fsp3) is 1.00. The molecule has 0 aliphatic rings. The first kappa shape index (κ1) is 25.8. The number of nitrogens with two attached hydrogens (primary N) is 2. The van der Waals surface area contributed by atoms with E-state index in [0.717, 1.165) is 32.4 Å². The van der Waals surface area contributed by atoms with E-state index in [2.05, 4.69) is 6.92 Å². The third kappa shape index (κ3) is 17.3. The largest absolute Gasteiger partial charge is 0.393 e. The molecule has 0 aromatic rings. The van der Waals surface area contributed by atoms with E-state index < -0.39 is 0 Å². The molecule has 0 saturated heterocycles. The maximum atomic E-state index is 10.6. The van der Waals surface area contributed by atoms with Crippen molar-refractivity contribution in [3.63, 3.8) is 0 Å². The number of hydrogen-bond donors (Lipinski definition) is 3. The summed E-state index contributed by atoms with van der Waals surface area (Å²) in [5.41, 5.74) is 5.70. The van der Waals surface area contributed by atoms with Gasteiger partial charge in [-0.25, -0.2) is 0 Å². The number of unbranched alkanes of at least 4 members (excludes halogenated alkanes) is 10. The van der Waals surface area contributed by atoms with Crippen molar-refractivity contribution in [3.05, 3.63) is 0 Å². The monoisotopic (exact) mass is 371 g/mol. The Morgan fingerprint density at radius 1 is 0.731 bits per heavy atom. The van der Waals surface area contributed by atoms with Crippen LogP contribution >= 0.6 is 0 Å². The van der Waals surface area contributed by atoms with Crippen molar-refractivity contribution >= 4 is 0 Å². The van der Waals surface area contributed by atoms with E-state index in [1.807, 2.05) is 7.05 Å². The highest BCUT2D eigenvalue weighted by Gasteiger charge is 2.18. The summed E-state index contributed by atoms with van der Waals surface area (Å²) in [5, 5.41) is 12.4. The third-order valence-corrected chi connectivity index (χ3v) is 5.51. The van der Waals surface area contributed by atoms with Gasteiger partial charge in [-0.05, 0) is 44.6 Å². The summed E-state index contributed by atoms with van der Waals surface area (Å²) in [6, 6.07) is 0. The van der Waals surface area contributed by atoms with Gasteiger partial charge in [-0.3, -0.25) is 10.9 Å². The number of nitrogens with zero attached hydrogens (tertiary/aromatic N) is 1. The molecule has 4 heteroatoms. The molecule has 0 fully saturated rings. The Labute approximate surface area is 164 Å². The van der Waals surface area contributed by atoms with Gasteiger partial charge in [-0.2, -0.15) is 0 Å². The molecule has 0 aliphatic carbocycles. The zero-order valence-corrected chi connectivity index (χ0v) is 17.9. The lowest BCUT2D eigenvalue weighted by molar-refractivity contribution is 0.0837.